The summed E-state index contributed by atoms with van der Waals surface area (Å²) in [6, 6.07) is 8.33. The Bertz CT molecular complexity index is 605. The number of aromatic nitrogens is 2. The van der Waals surface area contributed by atoms with Crippen molar-refractivity contribution in [3.05, 3.63) is 57.1 Å². The van der Waals surface area contributed by atoms with Crippen LogP contribution in [0.5, 0.6) is 0 Å². The Balaban J connectivity index is 2.06. The van der Waals surface area contributed by atoms with E-state index in [1.165, 1.54) is 11.9 Å². The van der Waals surface area contributed by atoms with Gasteiger partial charge in [-0.05, 0) is 17.0 Å². The first-order valence-corrected chi connectivity index (χ1v) is 6.51. The molecule has 0 aliphatic heterocycles. The van der Waals surface area contributed by atoms with Crippen molar-refractivity contribution < 1.29 is 0 Å². The molecule has 19 heavy (non-hydrogen) atoms. The summed E-state index contributed by atoms with van der Waals surface area (Å²) < 4.78 is 0. The smallest absolute Gasteiger partial charge is 0.271 e. The fourth-order valence-electron chi connectivity index (χ4n) is 1.71. The van der Waals surface area contributed by atoms with E-state index in [-0.39, 0.29) is 10.6 Å². The lowest BCUT2D eigenvalue weighted by atomic mass is 10.0. The molecule has 2 aromatic rings. The standard InChI is InChI=1S/C14H16ClN3O/c1-9(2)11-5-3-10(4-6-11)7-16-13-12(15)14(19)18-8-17-13/h3-6,8-9H,7H2,1-2H3,(H2,16,17,18,19). The fraction of sp³-hybridized carbons (Fsp3) is 0.286. The second-order valence-corrected chi connectivity index (χ2v) is 5.02. The molecule has 4 nitrogen and oxygen atoms in total. The lowest BCUT2D eigenvalue weighted by Gasteiger charge is -2.09. The van der Waals surface area contributed by atoms with Crippen molar-refractivity contribution >= 4 is 17.4 Å². The lowest BCUT2D eigenvalue weighted by Crippen LogP contribution is -2.11. The molecule has 0 saturated carbocycles. The number of nitrogens with zero attached hydrogens (tertiary/aromatic N) is 1. The molecule has 0 saturated heterocycles. The summed E-state index contributed by atoms with van der Waals surface area (Å²) in [5.41, 5.74) is 2.08. The normalized spacial score (nSPS) is 10.7. The Morgan fingerprint density at radius 2 is 2.00 bits per heavy atom. The third-order valence-corrected chi connectivity index (χ3v) is 3.25. The van der Waals surface area contributed by atoms with Gasteiger partial charge in [0.2, 0.25) is 0 Å². The summed E-state index contributed by atoms with van der Waals surface area (Å²) in [7, 11) is 0. The average Bonchev–Trinajstić information content (AvgIpc) is 2.41. The first-order chi connectivity index (χ1) is 9.08. The van der Waals surface area contributed by atoms with E-state index >= 15 is 0 Å². The first-order valence-electron chi connectivity index (χ1n) is 6.14. The predicted octanol–water partition coefficient (Wildman–Crippen LogP) is 3.16. The maximum Gasteiger partial charge on any atom is 0.271 e. The van der Waals surface area contributed by atoms with Crippen molar-refractivity contribution in [2.45, 2.75) is 26.3 Å². The quantitative estimate of drug-likeness (QED) is 0.902. The summed E-state index contributed by atoms with van der Waals surface area (Å²) in [5.74, 6) is 0.921. The van der Waals surface area contributed by atoms with Crippen LogP contribution in [0.2, 0.25) is 5.02 Å². The van der Waals surface area contributed by atoms with Crippen LogP contribution in [-0.2, 0) is 6.54 Å². The van der Waals surface area contributed by atoms with Crippen molar-refractivity contribution in [1.29, 1.82) is 0 Å². The van der Waals surface area contributed by atoms with E-state index in [0.717, 1.165) is 5.56 Å². The first kappa shape index (κ1) is 13.6. The van der Waals surface area contributed by atoms with Gasteiger partial charge in [0.05, 0.1) is 6.33 Å². The van der Waals surface area contributed by atoms with Crippen LogP contribution >= 0.6 is 11.6 Å². The van der Waals surface area contributed by atoms with Crippen molar-refractivity contribution in [3.8, 4) is 0 Å². The molecular formula is C14H16ClN3O. The lowest BCUT2D eigenvalue weighted by molar-refractivity contribution is 0.865. The van der Waals surface area contributed by atoms with Gasteiger partial charge in [-0.1, -0.05) is 49.7 Å². The number of anilines is 1. The van der Waals surface area contributed by atoms with Crippen molar-refractivity contribution in [3.63, 3.8) is 0 Å². The topological polar surface area (TPSA) is 57.8 Å². The Morgan fingerprint density at radius 3 is 2.63 bits per heavy atom. The monoisotopic (exact) mass is 277 g/mol. The third-order valence-electron chi connectivity index (χ3n) is 2.90. The summed E-state index contributed by atoms with van der Waals surface area (Å²) in [6.45, 7) is 4.90. The van der Waals surface area contributed by atoms with Gasteiger partial charge in [0.25, 0.3) is 5.56 Å². The molecular weight excluding hydrogens is 262 g/mol. The van der Waals surface area contributed by atoms with Crippen LogP contribution < -0.4 is 10.9 Å². The maximum atomic E-state index is 11.3. The fourth-order valence-corrected chi connectivity index (χ4v) is 1.88. The van der Waals surface area contributed by atoms with E-state index < -0.39 is 0 Å². The average molecular weight is 278 g/mol. The summed E-state index contributed by atoms with van der Waals surface area (Å²) >= 11 is 5.86. The maximum absolute atomic E-state index is 11.3. The molecule has 0 spiro atoms. The number of nitrogens with one attached hydrogen (secondary N) is 2. The zero-order valence-electron chi connectivity index (χ0n) is 10.9. The minimum Gasteiger partial charge on any atom is -0.365 e. The second kappa shape index (κ2) is 5.89. The molecule has 0 radical (unpaired) electrons. The largest absolute Gasteiger partial charge is 0.365 e. The molecule has 0 atom stereocenters. The van der Waals surface area contributed by atoms with Crippen LogP contribution in [0.25, 0.3) is 0 Å². The van der Waals surface area contributed by atoms with Gasteiger partial charge in [-0.15, -0.1) is 0 Å². The molecule has 0 fully saturated rings. The molecule has 1 aromatic carbocycles. The van der Waals surface area contributed by atoms with Gasteiger partial charge < -0.3 is 10.3 Å². The molecule has 2 rings (SSSR count). The molecule has 5 heteroatoms. The van der Waals surface area contributed by atoms with Crippen LogP contribution in [0.3, 0.4) is 0 Å². The van der Waals surface area contributed by atoms with Crippen molar-refractivity contribution in [1.82, 2.24) is 9.97 Å². The van der Waals surface area contributed by atoms with Crippen LogP contribution in [0, 0.1) is 0 Å². The number of halogens is 1. The third kappa shape index (κ3) is 3.35. The number of rotatable bonds is 4. The Labute approximate surface area is 116 Å². The molecule has 0 aliphatic rings. The SMILES string of the molecule is CC(C)c1ccc(CNc2nc[nH]c(=O)c2Cl)cc1. The van der Waals surface area contributed by atoms with Gasteiger partial charge in [0.1, 0.15) is 5.02 Å². The highest BCUT2D eigenvalue weighted by Crippen LogP contribution is 2.16. The van der Waals surface area contributed by atoms with Gasteiger partial charge >= 0.3 is 0 Å². The van der Waals surface area contributed by atoms with Crippen LogP contribution in [0.4, 0.5) is 5.82 Å². The predicted molar refractivity (Wildman–Crippen MR) is 77.7 cm³/mol. The molecule has 100 valence electrons. The van der Waals surface area contributed by atoms with Crippen molar-refractivity contribution in [2.24, 2.45) is 0 Å². The molecule has 2 N–H and O–H groups in total. The zero-order valence-corrected chi connectivity index (χ0v) is 11.7. The van der Waals surface area contributed by atoms with Gasteiger partial charge in [0, 0.05) is 6.54 Å². The number of hydrogen-bond acceptors (Lipinski definition) is 3. The molecule has 0 bridgehead atoms. The summed E-state index contributed by atoms with van der Waals surface area (Å²) in [6.07, 6.45) is 1.33. The number of benzene rings is 1. The van der Waals surface area contributed by atoms with Crippen molar-refractivity contribution in [2.75, 3.05) is 5.32 Å². The number of aromatic amines is 1. The van der Waals surface area contributed by atoms with E-state index in [1.807, 2.05) is 0 Å². The number of hydrogen-bond donors (Lipinski definition) is 2. The molecule has 0 unspecified atom stereocenters. The van der Waals surface area contributed by atoms with E-state index in [9.17, 15) is 4.79 Å². The number of H-pyrrole nitrogens is 1. The highest BCUT2D eigenvalue weighted by atomic mass is 35.5. The van der Waals surface area contributed by atoms with Crippen LogP contribution in [0.15, 0.2) is 35.4 Å². The Morgan fingerprint density at radius 1 is 1.32 bits per heavy atom. The van der Waals surface area contributed by atoms with Gasteiger partial charge in [-0.25, -0.2) is 4.98 Å². The van der Waals surface area contributed by atoms with E-state index in [0.29, 0.717) is 18.3 Å². The van der Waals surface area contributed by atoms with Crippen LogP contribution in [0.1, 0.15) is 30.9 Å². The minimum atomic E-state index is -0.339. The van der Waals surface area contributed by atoms with Gasteiger partial charge in [-0.3, -0.25) is 4.79 Å². The summed E-state index contributed by atoms with van der Waals surface area (Å²) in [5, 5.41) is 3.14. The second-order valence-electron chi connectivity index (χ2n) is 4.64. The Kier molecular flexibility index (Phi) is 4.22. The molecule has 0 aliphatic carbocycles. The van der Waals surface area contributed by atoms with Crippen LogP contribution in [-0.4, -0.2) is 9.97 Å². The Hall–Kier alpha value is -1.81. The molecule has 1 aromatic heterocycles. The van der Waals surface area contributed by atoms with E-state index in [2.05, 4.69) is 53.4 Å². The highest BCUT2D eigenvalue weighted by Gasteiger charge is 2.05. The van der Waals surface area contributed by atoms with Gasteiger partial charge in [0.15, 0.2) is 5.82 Å². The zero-order chi connectivity index (χ0) is 13.8. The molecule has 0 amide bonds. The van der Waals surface area contributed by atoms with Gasteiger partial charge in [-0.2, -0.15) is 0 Å². The highest BCUT2D eigenvalue weighted by molar-refractivity contribution is 6.32. The summed E-state index contributed by atoms with van der Waals surface area (Å²) in [4.78, 5) is 17.7. The molecule has 1 heterocycles. The van der Waals surface area contributed by atoms with E-state index in [4.69, 9.17) is 11.6 Å². The van der Waals surface area contributed by atoms with E-state index in [1.54, 1.807) is 0 Å². The minimum absolute atomic E-state index is 0.0845.